The summed E-state index contributed by atoms with van der Waals surface area (Å²) in [7, 11) is 0. The number of H-pyrrole nitrogens is 1. The molecule has 1 amide bonds. The molecule has 3 aromatic carbocycles. The molecule has 0 saturated carbocycles. The summed E-state index contributed by atoms with van der Waals surface area (Å²) >= 11 is 0. The Hall–Kier alpha value is -4.26. The van der Waals surface area contributed by atoms with Crippen molar-refractivity contribution in [1.29, 1.82) is 0 Å². The lowest BCUT2D eigenvalue weighted by Gasteiger charge is -2.22. The van der Waals surface area contributed by atoms with E-state index >= 15 is 0 Å². The van der Waals surface area contributed by atoms with E-state index in [4.69, 9.17) is 4.74 Å². The first-order valence-electron chi connectivity index (χ1n) is 12.3. The van der Waals surface area contributed by atoms with Crippen LogP contribution in [0.25, 0.3) is 10.9 Å². The lowest BCUT2D eigenvalue weighted by molar-refractivity contribution is -0.144. The van der Waals surface area contributed by atoms with E-state index < -0.39 is 29.7 Å². The predicted molar refractivity (Wildman–Crippen MR) is 137 cm³/mol. The summed E-state index contributed by atoms with van der Waals surface area (Å²) in [6, 6.07) is 23.2. The molecule has 3 unspecified atom stereocenters. The van der Waals surface area contributed by atoms with E-state index in [-0.39, 0.29) is 11.7 Å². The van der Waals surface area contributed by atoms with Crippen LogP contribution >= 0.6 is 0 Å². The third kappa shape index (κ3) is 5.03. The predicted octanol–water partition coefficient (Wildman–Crippen LogP) is 4.47. The number of halogens is 1. The maximum absolute atomic E-state index is 14.1. The van der Waals surface area contributed by atoms with E-state index in [1.165, 1.54) is 19.1 Å². The van der Waals surface area contributed by atoms with Gasteiger partial charge in [-0.05, 0) is 41.3 Å². The van der Waals surface area contributed by atoms with E-state index in [1.54, 1.807) is 6.07 Å². The van der Waals surface area contributed by atoms with Gasteiger partial charge in [0.25, 0.3) is 0 Å². The fourth-order valence-electron chi connectivity index (χ4n) is 5.19. The van der Waals surface area contributed by atoms with Gasteiger partial charge < -0.3 is 15.0 Å². The molecule has 0 radical (unpaired) electrons. The van der Waals surface area contributed by atoms with Crippen LogP contribution in [-0.2, 0) is 32.0 Å². The van der Waals surface area contributed by atoms with Gasteiger partial charge in [0.05, 0.1) is 0 Å². The zero-order chi connectivity index (χ0) is 25.9. The molecule has 188 valence electrons. The Balaban J connectivity index is 1.59. The largest absolute Gasteiger partial charge is 0.453 e. The maximum atomic E-state index is 14.1. The van der Waals surface area contributed by atoms with Gasteiger partial charge in [-0.15, -0.1) is 0 Å². The first-order valence-corrected chi connectivity index (χ1v) is 12.3. The van der Waals surface area contributed by atoms with Gasteiger partial charge in [-0.1, -0.05) is 60.7 Å². The number of nitrogens with one attached hydrogen (secondary N) is 2. The average Bonchev–Trinajstić information content (AvgIpc) is 3.37. The number of carbonyl (C=O) groups excluding carboxylic acids is 3. The lowest BCUT2D eigenvalue weighted by Crippen LogP contribution is -2.29. The average molecular weight is 499 g/mol. The van der Waals surface area contributed by atoms with Crippen molar-refractivity contribution in [2.75, 3.05) is 6.54 Å². The van der Waals surface area contributed by atoms with Crippen molar-refractivity contribution in [1.82, 2.24) is 10.3 Å². The first-order chi connectivity index (χ1) is 17.9. The Morgan fingerprint density at radius 2 is 1.73 bits per heavy atom. The third-order valence-corrected chi connectivity index (χ3v) is 6.85. The van der Waals surface area contributed by atoms with Gasteiger partial charge >= 0.3 is 5.97 Å². The highest BCUT2D eigenvalue weighted by Gasteiger charge is 2.49. The standard InChI is InChI=1S/C30H27FN2O4/c1-18(34)32-15-14-23-22-13-12-21(31)17-24(22)33-28(23)26(20-10-6-3-7-11-20)27-29(35)25(37-30(27)36)16-19-8-4-2-5-9-19/h2-13,17,25-27,33H,14-16H2,1H3,(H,32,34). The fourth-order valence-corrected chi connectivity index (χ4v) is 5.19. The Kier molecular flexibility index (Phi) is 6.86. The molecule has 2 heterocycles. The number of hydrogen-bond donors (Lipinski definition) is 2. The minimum Gasteiger partial charge on any atom is -0.453 e. The number of cyclic esters (lactones) is 1. The minimum atomic E-state index is -1.06. The summed E-state index contributed by atoms with van der Waals surface area (Å²) in [5.41, 5.74) is 3.71. The molecular formula is C30H27FN2O4. The highest BCUT2D eigenvalue weighted by atomic mass is 19.1. The van der Waals surface area contributed by atoms with Crippen LogP contribution in [0.4, 0.5) is 4.39 Å². The normalized spacial score (nSPS) is 18.1. The quantitative estimate of drug-likeness (QED) is 0.277. The van der Waals surface area contributed by atoms with Crippen molar-refractivity contribution >= 4 is 28.6 Å². The summed E-state index contributed by atoms with van der Waals surface area (Å²) < 4.78 is 19.8. The van der Waals surface area contributed by atoms with E-state index in [9.17, 15) is 18.8 Å². The number of ether oxygens (including phenoxy) is 1. The maximum Gasteiger partial charge on any atom is 0.318 e. The monoisotopic (exact) mass is 498 g/mol. The molecule has 0 aliphatic carbocycles. The molecule has 4 aromatic rings. The van der Waals surface area contributed by atoms with Crippen molar-refractivity contribution in [3.05, 3.63) is 107 Å². The van der Waals surface area contributed by atoms with Crippen molar-refractivity contribution in [3.8, 4) is 0 Å². The number of ketones is 1. The Bertz CT molecular complexity index is 1450. The fraction of sp³-hybridized carbons (Fsp3) is 0.233. The second-order valence-corrected chi connectivity index (χ2v) is 9.32. The van der Waals surface area contributed by atoms with E-state index in [0.29, 0.717) is 30.6 Å². The van der Waals surface area contributed by atoms with Gasteiger partial charge in [0.2, 0.25) is 5.91 Å². The van der Waals surface area contributed by atoms with Crippen molar-refractivity contribution in [2.45, 2.75) is 31.8 Å². The van der Waals surface area contributed by atoms with Gasteiger partial charge in [-0.25, -0.2) is 4.39 Å². The topological polar surface area (TPSA) is 88.3 Å². The summed E-state index contributed by atoms with van der Waals surface area (Å²) in [6.07, 6.45) is -0.139. The van der Waals surface area contributed by atoms with E-state index in [1.807, 2.05) is 60.7 Å². The number of aromatic amines is 1. The molecule has 1 aromatic heterocycles. The van der Waals surface area contributed by atoms with Crippen molar-refractivity contribution < 1.29 is 23.5 Å². The van der Waals surface area contributed by atoms with Crippen LogP contribution in [-0.4, -0.2) is 35.3 Å². The SMILES string of the molecule is CC(=O)NCCc1c(C(c2ccccc2)C2C(=O)OC(Cc3ccccc3)C2=O)[nH]c2cc(F)ccc12. The molecule has 1 saturated heterocycles. The molecular weight excluding hydrogens is 471 g/mol. The molecule has 1 aliphatic rings. The summed E-state index contributed by atoms with van der Waals surface area (Å²) in [6.45, 7) is 1.80. The summed E-state index contributed by atoms with van der Waals surface area (Å²) in [4.78, 5) is 41.8. The zero-order valence-electron chi connectivity index (χ0n) is 20.4. The molecule has 0 spiro atoms. The summed E-state index contributed by atoms with van der Waals surface area (Å²) in [5.74, 6) is -3.13. The molecule has 6 nitrogen and oxygen atoms in total. The smallest absolute Gasteiger partial charge is 0.318 e. The Morgan fingerprint density at radius 3 is 2.43 bits per heavy atom. The van der Waals surface area contributed by atoms with Gasteiger partial charge in [0.15, 0.2) is 11.9 Å². The number of esters is 1. The van der Waals surface area contributed by atoms with Crippen LogP contribution in [0.15, 0.2) is 78.9 Å². The van der Waals surface area contributed by atoms with Gasteiger partial charge in [0.1, 0.15) is 11.7 Å². The number of rotatable bonds is 8. The first kappa shape index (κ1) is 24.4. The third-order valence-electron chi connectivity index (χ3n) is 6.85. The Labute approximate surface area is 213 Å². The molecule has 1 fully saturated rings. The van der Waals surface area contributed by atoms with Crippen LogP contribution in [0.2, 0.25) is 0 Å². The number of fused-ring (bicyclic) bond motifs is 1. The highest BCUT2D eigenvalue weighted by Crippen LogP contribution is 2.41. The molecule has 37 heavy (non-hydrogen) atoms. The molecule has 7 heteroatoms. The Morgan fingerprint density at radius 1 is 1.03 bits per heavy atom. The second kappa shape index (κ2) is 10.4. The molecule has 5 rings (SSSR count). The summed E-state index contributed by atoms with van der Waals surface area (Å²) in [5, 5.41) is 3.58. The lowest BCUT2D eigenvalue weighted by atomic mass is 9.79. The number of carbonyl (C=O) groups is 3. The molecule has 2 N–H and O–H groups in total. The number of Topliss-reactive ketones (excluding diaryl/α,β-unsaturated/α-hetero) is 1. The van der Waals surface area contributed by atoms with Crippen LogP contribution in [0.3, 0.4) is 0 Å². The van der Waals surface area contributed by atoms with Gasteiger partial charge in [0, 0.05) is 42.4 Å². The van der Waals surface area contributed by atoms with Crippen LogP contribution in [0, 0.1) is 11.7 Å². The van der Waals surface area contributed by atoms with Gasteiger partial charge in [-0.3, -0.25) is 14.4 Å². The molecule has 1 aliphatic heterocycles. The van der Waals surface area contributed by atoms with Crippen molar-refractivity contribution in [2.24, 2.45) is 5.92 Å². The minimum absolute atomic E-state index is 0.162. The second-order valence-electron chi connectivity index (χ2n) is 9.32. The zero-order valence-corrected chi connectivity index (χ0v) is 20.4. The molecule has 3 atom stereocenters. The van der Waals surface area contributed by atoms with Crippen molar-refractivity contribution in [3.63, 3.8) is 0 Å². The van der Waals surface area contributed by atoms with E-state index in [0.717, 1.165) is 22.1 Å². The highest BCUT2D eigenvalue weighted by molar-refractivity contribution is 6.08. The van der Waals surface area contributed by atoms with Crippen LogP contribution < -0.4 is 5.32 Å². The van der Waals surface area contributed by atoms with Crippen LogP contribution in [0.5, 0.6) is 0 Å². The number of hydrogen-bond acceptors (Lipinski definition) is 4. The number of amides is 1. The molecule has 0 bridgehead atoms. The van der Waals surface area contributed by atoms with E-state index in [2.05, 4.69) is 10.3 Å². The number of aromatic nitrogens is 1. The number of benzene rings is 3. The van der Waals surface area contributed by atoms with Crippen LogP contribution in [0.1, 0.15) is 35.2 Å². The van der Waals surface area contributed by atoms with Gasteiger partial charge in [-0.2, -0.15) is 0 Å².